The smallest absolute Gasteiger partial charge is 0.261 e. The molecule has 0 N–H and O–H groups in total. The van der Waals surface area contributed by atoms with Gasteiger partial charge in [-0.25, -0.2) is 4.98 Å². The van der Waals surface area contributed by atoms with E-state index in [1.807, 2.05) is 24.0 Å². The molecule has 0 spiro atoms. The molecule has 0 saturated carbocycles. The minimum atomic E-state index is -0.373. The lowest BCUT2D eigenvalue weighted by Crippen LogP contribution is -2.39. The number of nitrogens with zero attached hydrogens (tertiary/aromatic N) is 3. The monoisotopic (exact) mass is 467 g/mol. The normalized spacial score (nSPS) is 12.3. The molecular formula is C27H34ClN3O2. The molecule has 3 rings (SSSR count). The molecule has 1 unspecified atom stereocenters. The minimum Gasteiger partial charge on any atom is -0.328 e. The van der Waals surface area contributed by atoms with Crippen molar-refractivity contribution in [1.29, 1.82) is 0 Å². The fourth-order valence-corrected chi connectivity index (χ4v) is 4.31. The number of carbonyl (C=O) groups excluding carboxylic acids is 1. The first kappa shape index (κ1) is 25.0. The number of aromatic nitrogens is 2. The summed E-state index contributed by atoms with van der Waals surface area (Å²) < 4.78 is 1.53. The standard InChI is InChI=1S/C27H34ClN3O2/c1-6-7-8-9-20-10-12-21(13-11-20)26(32)31(17-18(2)3)19(4)25-29-24-15-14-22(28)16-23(24)27(33)30(25)5/h10-16,18-19H,6-9,17H2,1-5H3. The number of fused-ring (bicyclic) bond motifs is 1. The van der Waals surface area contributed by atoms with Gasteiger partial charge in [-0.1, -0.05) is 57.3 Å². The first-order valence-electron chi connectivity index (χ1n) is 11.8. The van der Waals surface area contributed by atoms with Crippen molar-refractivity contribution in [2.75, 3.05) is 6.54 Å². The van der Waals surface area contributed by atoms with Crippen molar-refractivity contribution >= 4 is 28.4 Å². The molecule has 3 aromatic rings. The fraction of sp³-hybridized carbons (Fsp3) is 0.444. The molecule has 5 nitrogen and oxygen atoms in total. The molecular weight excluding hydrogens is 434 g/mol. The van der Waals surface area contributed by atoms with E-state index in [4.69, 9.17) is 16.6 Å². The van der Waals surface area contributed by atoms with Crippen molar-refractivity contribution in [3.8, 4) is 0 Å². The quantitative estimate of drug-likeness (QED) is 0.353. The zero-order valence-electron chi connectivity index (χ0n) is 20.3. The molecule has 33 heavy (non-hydrogen) atoms. The van der Waals surface area contributed by atoms with Gasteiger partial charge in [0.05, 0.1) is 16.9 Å². The lowest BCUT2D eigenvalue weighted by molar-refractivity contribution is 0.0654. The van der Waals surface area contributed by atoms with Crippen molar-refractivity contribution in [1.82, 2.24) is 14.5 Å². The number of aryl methyl sites for hydroxylation is 1. The predicted octanol–water partition coefficient (Wildman–Crippen LogP) is 6.18. The molecule has 0 fully saturated rings. The van der Waals surface area contributed by atoms with E-state index in [-0.39, 0.29) is 23.4 Å². The second-order valence-corrected chi connectivity index (χ2v) is 9.61. The summed E-state index contributed by atoms with van der Waals surface area (Å²) in [4.78, 5) is 33.1. The van der Waals surface area contributed by atoms with E-state index in [1.54, 1.807) is 25.2 Å². The number of amides is 1. The third kappa shape index (κ3) is 5.83. The van der Waals surface area contributed by atoms with Crippen molar-refractivity contribution in [3.05, 3.63) is 74.8 Å². The van der Waals surface area contributed by atoms with Gasteiger partial charge in [0.2, 0.25) is 0 Å². The molecule has 0 bridgehead atoms. The third-order valence-corrected chi connectivity index (χ3v) is 6.24. The van der Waals surface area contributed by atoms with Crippen LogP contribution in [-0.4, -0.2) is 26.9 Å². The molecule has 2 aromatic carbocycles. The van der Waals surface area contributed by atoms with Crippen LogP contribution in [0.1, 0.15) is 74.7 Å². The first-order chi connectivity index (χ1) is 15.7. The van der Waals surface area contributed by atoms with Gasteiger partial charge in [0.1, 0.15) is 5.82 Å². The number of hydrogen-bond donors (Lipinski definition) is 0. The van der Waals surface area contributed by atoms with Crippen LogP contribution in [0, 0.1) is 5.92 Å². The van der Waals surface area contributed by atoms with Gasteiger partial charge in [-0.3, -0.25) is 14.2 Å². The summed E-state index contributed by atoms with van der Waals surface area (Å²) in [6.07, 6.45) is 4.59. The van der Waals surface area contributed by atoms with E-state index < -0.39 is 0 Å². The van der Waals surface area contributed by atoms with Crippen LogP contribution in [0.15, 0.2) is 47.3 Å². The maximum atomic E-state index is 13.6. The Balaban J connectivity index is 1.94. The van der Waals surface area contributed by atoms with Crippen molar-refractivity contribution < 1.29 is 4.79 Å². The molecule has 1 amide bonds. The van der Waals surface area contributed by atoms with Gasteiger partial charge in [-0.15, -0.1) is 0 Å². The Hall–Kier alpha value is -2.66. The molecule has 0 aliphatic heterocycles. The van der Waals surface area contributed by atoms with Crippen molar-refractivity contribution in [2.24, 2.45) is 13.0 Å². The lowest BCUT2D eigenvalue weighted by atomic mass is 10.0. The number of carbonyl (C=O) groups is 1. The Kier molecular flexibility index (Phi) is 8.30. The molecule has 1 heterocycles. The van der Waals surface area contributed by atoms with Gasteiger partial charge >= 0.3 is 0 Å². The van der Waals surface area contributed by atoms with E-state index in [1.165, 1.54) is 23.0 Å². The summed E-state index contributed by atoms with van der Waals surface area (Å²) in [7, 11) is 1.70. The number of rotatable bonds is 9. The number of halogens is 1. The van der Waals surface area contributed by atoms with E-state index in [9.17, 15) is 9.59 Å². The zero-order valence-corrected chi connectivity index (χ0v) is 21.0. The maximum absolute atomic E-state index is 13.6. The Morgan fingerprint density at radius 2 is 1.79 bits per heavy atom. The highest BCUT2D eigenvalue weighted by Gasteiger charge is 2.27. The predicted molar refractivity (Wildman–Crippen MR) is 136 cm³/mol. The molecule has 0 aliphatic carbocycles. The molecule has 6 heteroatoms. The fourth-order valence-electron chi connectivity index (χ4n) is 4.14. The van der Waals surface area contributed by atoms with Gasteiger partial charge in [0.15, 0.2) is 0 Å². The Morgan fingerprint density at radius 3 is 2.42 bits per heavy atom. The van der Waals surface area contributed by atoms with Crippen LogP contribution in [0.2, 0.25) is 5.02 Å². The van der Waals surface area contributed by atoms with E-state index >= 15 is 0 Å². The van der Waals surface area contributed by atoms with Crippen LogP contribution in [0.25, 0.3) is 10.9 Å². The van der Waals surface area contributed by atoms with Crippen molar-refractivity contribution in [2.45, 2.75) is 59.4 Å². The number of unbranched alkanes of at least 4 members (excludes halogenated alkanes) is 2. The van der Waals surface area contributed by atoms with Crippen LogP contribution in [0.3, 0.4) is 0 Å². The largest absolute Gasteiger partial charge is 0.328 e. The zero-order chi connectivity index (χ0) is 24.1. The highest BCUT2D eigenvalue weighted by atomic mass is 35.5. The van der Waals surface area contributed by atoms with Crippen LogP contribution in [0.5, 0.6) is 0 Å². The highest BCUT2D eigenvalue weighted by molar-refractivity contribution is 6.31. The molecule has 1 aromatic heterocycles. The average Bonchev–Trinajstić information content (AvgIpc) is 2.80. The Bertz CT molecular complexity index is 1170. The first-order valence-corrected chi connectivity index (χ1v) is 12.2. The van der Waals surface area contributed by atoms with Gasteiger partial charge in [0.25, 0.3) is 11.5 Å². The van der Waals surface area contributed by atoms with E-state index in [2.05, 4.69) is 32.9 Å². The molecule has 176 valence electrons. The third-order valence-electron chi connectivity index (χ3n) is 6.01. The summed E-state index contributed by atoms with van der Waals surface area (Å²) >= 11 is 6.08. The molecule has 0 saturated heterocycles. The molecule has 0 radical (unpaired) electrons. The van der Waals surface area contributed by atoms with E-state index in [0.717, 1.165) is 12.8 Å². The van der Waals surface area contributed by atoms with Crippen LogP contribution in [-0.2, 0) is 13.5 Å². The number of benzene rings is 2. The van der Waals surface area contributed by atoms with Crippen LogP contribution >= 0.6 is 11.6 Å². The lowest BCUT2D eigenvalue weighted by Gasteiger charge is -2.31. The average molecular weight is 468 g/mol. The van der Waals surface area contributed by atoms with Gasteiger partial charge in [-0.2, -0.15) is 0 Å². The van der Waals surface area contributed by atoms with Gasteiger partial charge < -0.3 is 4.90 Å². The summed E-state index contributed by atoms with van der Waals surface area (Å²) in [5.74, 6) is 0.766. The van der Waals surface area contributed by atoms with Crippen LogP contribution < -0.4 is 5.56 Å². The topological polar surface area (TPSA) is 55.2 Å². The Labute approximate surface area is 201 Å². The van der Waals surface area contributed by atoms with E-state index in [0.29, 0.717) is 33.9 Å². The summed E-state index contributed by atoms with van der Waals surface area (Å²) in [5.41, 5.74) is 2.32. The second-order valence-electron chi connectivity index (χ2n) is 9.18. The SMILES string of the molecule is CCCCCc1ccc(C(=O)N(CC(C)C)C(C)c2nc3ccc(Cl)cc3c(=O)n2C)cc1. The minimum absolute atomic E-state index is 0.0539. The van der Waals surface area contributed by atoms with Gasteiger partial charge in [0, 0.05) is 24.2 Å². The van der Waals surface area contributed by atoms with Gasteiger partial charge in [-0.05, 0) is 61.6 Å². The van der Waals surface area contributed by atoms with Crippen LogP contribution in [0.4, 0.5) is 0 Å². The summed E-state index contributed by atoms with van der Waals surface area (Å²) in [6, 6.07) is 12.7. The highest BCUT2D eigenvalue weighted by Crippen LogP contribution is 2.24. The second kappa shape index (κ2) is 11.0. The summed E-state index contributed by atoms with van der Waals surface area (Å²) in [5, 5.41) is 0.971. The molecule has 0 aliphatic rings. The Morgan fingerprint density at radius 1 is 1.09 bits per heavy atom. The molecule has 1 atom stereocenters. The summed E-state index contributed by atoms with van der Waals surface area (Å²) in [6.45, 7) is 8.86. The number of hydrogen-bond acceptors (Lipinski definition) is 3. The van der Waals surface area contributed by atoms with Crippen molar-refractivity contribution in [3.63, 3.8) is 0 Å². The maximum Gasteiger partial charge on any atom is 0.261 e.